The fraction of sp³-hybridized carbons (Fsp3) is 0.438. The Hall–Kier alpha value is -4.14. The number of amides is 2. The fourth-order valence-electron chi connectivity index (χ4n) is 6.02. The molecule has 3 atom stereocenters. The summed E-state index contributed by atoms with van der Waals surface area (Å²) in [5, 5.41) is 3.93. The zero-order chi connectivity index (χ0) is 29.4. The van der Waals surface area contributed by atoms with Gasteiger partial charge in [-0.2, -0.15) is 0 Å². The number of fused-ring (bicyclic) bond motifs is 2. The van der Waals surface area contributed by atoms with Crippen LogP contribution in [0.4, 0.5) is 4.79 Å². The number of rotatable bonds is 6. The number of carbonyl (C=O) groups excluding carboxylic acids is 3. The first-order chi connectivity index (χ1) is 19.5. The van der Waals surface area contributed by atoms with E-state index < -0.39 is 29.2 Å². The van der Waals surface area contributed by atoms with Crippen molar-refractivity contribution in [3.8, 4) is 5.75 Å². The third-order valence-electron chi connectivity index (χ3n) is 7.74. The average molecular weight is 560 g/mol. The van der Waals surface area contributed by atoms with Crippen LogP contribution in [0.3, 0.4) is 0 Å². The van der Waals surface area contributed by atoms with Gasteiger partial charge in [-0.25, -0.2) is 9.59 Å². The molecule has 41 heavy (non-hydrogen) atoms. The lowest BCUT2D eigenvalue weighted by molar-refractivity contribution is -0.155. The summed E-state index contributed by atoms with van der Waals surface area (Å²) in [6.45, 7) is 7.61. The van der Waals surface area contributed by atoms with Crippen molar-refractivity contribution in [1.29, 1.82) is 0 Å². The highest BCUT2D eigenvalue weighted by Crippen LogP contribution is 2.44. The topological polar surface area (TPSA) is 107 Å². The SMILES string of the molecule is COC(=O)[C@H]1CCC[C@@H]2C[C@@](NC(=O)OC(C)(C)C)(c3ccc(OCc4cc(C)nc5ccccc45)cc3)C(=O)N21. The number of hydrogen-bond donors (Lipinski definition) is 1. The monoisotopic (exact) mass is 559 g/mol. The molecule has 1 aromatic heterocycles. The summed E-state index contributed by atoms with van der Waals surface area (Å²) >= 11 is 0. The number of alkyl carbamates (subject to hydrolysis) is 1. The molecule has 0 saturated carbocycles. The Morgan fingerprint density at radius 1 is 1.10 bits per heavy atom. The van der Waals surface area contributed by atoms with Gasteiger partial charge in [-0.15, -0.1) is 0 Å². The number of piperidine rings is 1. The number of aryl methyl sites for hydroxylation is 1. The number of benzene rings is 2. The molecule has 0 radical (unpaired) electrons. The quantitative estimate of drug-likeness (QED) is 0.415. The molecule has 2 aromatic carbocycles. The summed E-state index contributed by atoms with van der Waals surface area (Å²) in [7, 11) is 1.33. The van der Waals surface area contributed by atoms with Crippen LogP contribution in [-0.4, -0.2) is 52.6 Å². The number of esters is 1. The van der Waals surface area contributed by atoms with Crippen molar-refractivity contribution >= 4 is 28.9 Å². The highest BCUT2D eigenvalue weighted by Gasteiger charge is 2.58. The van der Waals surface area contributed by atoms with Gasteiger partial charge >= 0.3 is 12.1 Å². The molecule has 2 aliphatic rings. The van der Waals surface area contributed by atoms with Crippen LogP contribution >= 0.6 is 0 Å². The first-order valence-corrected chi connectivity index (χ1v) is 14.0. The molecule has 2 amide bonds. The Morgan fingerprint density at radius 2 is 1.83 bits per heavy atom. The standard InChI is InChI=1S/C32H37N3O6/c1-20-17-21(25-10-6-7-11-26(25)33-20)19-40-24-15-13-22(14-16-24)32(34-30(38)41-31(2,3)4)18-23-9-8-12-27(28(36)39-5)35(23)29(32)37/h6-7,10-11,13-17,23,27H,8-9,12,18-19H2,1-5H3,(H,34,38)/t23-,27-,32-/m1/s1. The van der Waals surface area contributed by atoms with Crippen LogP contribution in [0.2, 0.25) is 0 Å². The predicted molar refractivity (Wildman–Crippen MR) is 153 cm³/mol. The van der Waals surface area contributed by atoms with Gasteiger partial charge in [0.2, 0.25) is 0 Å². The maximum Gasteiger partial charge on any atom is 0.408 e. The molecule has 0 bridgehead atoms. The molecular weight excluding hydrogens is 522 g/mol. The molecule has 5 rings (SSSR count). The second-order valence-electron chi connectivity index (χ2n) is 11.8. The molecule has 0 spiro atoms. The third kappa shape index (κ3) is 5.71. The average Bonchev–Trinajstić information content (AvgIpc) is 3.22. The smallest absolute Gasteiger partial charge is 0.408 e. The Morgan fingerprint density at radius 3 is 2.54 bits per heavy atom. The van der Waals surface area contributed by atoms with Crippen LogP contribution in [0.1, 0.15) is 63.3 Å². The van der Waals surface area contributed by atoms with Crippen molar-refractivity contribution in [3.63, 3.8) is 0 Å². The molecule has 3 aromatic rings. The molecular formula is C32H37N3O6. The van der Waals surface area contributed by atoms with Crippen LogP contribution in [0.25, 0.3) is 10.9 Å². The van der Waals surface area contributed by atoms with Crippen LogP contribution < -0.4 is 10.1 Å². The highest BCUT2D eigenvalue weighted by atomic mass is 16.6. The first-order valence-electron chi connectivity index (χ1n) is 14.0. The van der Waals surface area contributed by atoms with Gasteiger partial charge in [-0.05, 0) is 76.8 Å². The Bertz CT molecular complexity index is 1460. The van der Waals surface area contributed by atoms with E-state index in [-0.39, 0.29) is 11.9 Å². The second kappa shape index (κ2) is 11.0. The number of pyridine rings is 1. The zero-order valence-corrected chi connectivity index (χ0v) is 24.2. The summed E-state index contributed by atoms with van der Waals surface area (Å²) in [6, 6.07) is 16.3. The summed E-state index contributed by atoms with van der Waals surface area (Å²) < 4.78 is 16.7. The lowest BCUT2D eigenvalue weighted by Gasteiger charge is -2.36. The number of aromatic nitrogens is 1. The number of nitrogens with one attached hydrogen (secondary N) is 1. The fourth-order valence-corrected chi connectivity index (χ4v) is 6.02. The summed E-state index contributed by atoms with van der Waals surface area (Å²) in [4.78, 5) is 46.0. The van der Waals surface area contributed by atoms with E-state index in [9.17, 15) is 14.4 Å². The number of para-hydroxylation sites is 1. The van der Waals surface area contributed by atoms with E-state index in [2.05, 4.69) is 10.3 Å². The number of ether oxygens (including phenoxy) is 3. The zero-order valence-electron chi connectivity index (χ0n) is 24.2. The van der Waals surface area contributed by atoms with Crippen molar-refractivity contribution in [2.45, 2.75) is 83.2 Å². The van der Waals surface area contributed by atoms with Crippen molar-refractivity contribution in [2.75, 3.05) is 7.11 Å². The van der Waals surface area contributed by atoms with Crippen molar-refractivity contribution in [3.05, 3.63) is 71.4 Å². The second-order valence-corrected chi connectivity index (χ2v) is 11.8. The summed E-state index contributed by atoms with van der Waals surface area (Å²) in [5.74, 6) is -0.162. The third-order valence-corrected chi connectivity index (χ3v) is 7.74. The summed E-state index contributed by atoms with van der Waals surface area (Å²) in [6.07, 6.45) is 1.67. The van der Waals surface area contributed by atoms with E-state index in [1.165, 1.54) is 7.11 Å². The van der Waals surface area contributed by atoms with Crippen molar-refractivity contribution in [2.24, 2.45) is 0 Å². The van der Waals surface area contributed by atoms with Gasteiger partial charge in [0, 0.05) is 29.1 Å². The van der Waals surface area contributed by atoms with Gasteiger partial charge in [0.25, 0.3) is 5.91 Å². The van der Waals surface area contributed by atoms with Gasteiger partial charge in [0.05, 0.1) is 12.6 Å². The van der Waals surface area contributed by atoms with E-state index in [0.29, 0.717) is 30.8 Å². The molecule has 2 saturated heterocycles. The lowest BCUT2D eigenvalue weighted by atomic mass is 9.85. The molecule has 1 N–H and O–H groups in total. The maximum atomic E-state index is 14.2. The Labute approximate surface area is 240 Å². The van der Waals surface area contributed by atoms with Crippen molar-refractivity contribution in [1.82, 2.24) is 15.2 Å². The van der Waals surface area contributed by atoms with E-state index >= 15 is 0 Å². The highest BCUT2D eigenvalue weighted by molar-refractivity contribution is 5.96. The van der Waals surface area contributed by atoms with Gasteiger partial charge in [0.1, 0.15) is 29.5 Å². The molecule has 0 unspecified atom stereocenters. The molecule has 9 nitrogen and oxygen atoms in total. The van der Waals surface area contributed by atoms with Gasteiger partial charge in [-0.1, -0.05) is 30.3 Å². The molecule has 0 aliphatic carbocycles. The van der Waals surface area contributed by atoms with E-state index in [1.807, 2.05) is 37.3 Å². The predicted octanol–water partition coefficient (Wildman–Crippen LogP) is 5.17. The van der Waals surface area contributed by atoms with E-state index in [0.717, 1.165) is 35.0 Å². The Kier molecular flexibility index (Phi) is 7.64. The molecule has 9 heteroatoms. The van der Waals surface area contributed by atoms with E-state index in [4.69, 9.17) is 14.2 Å². The summed E-state index contributed by atoms with van der Waals surface area (Å²) in [5.41, 5.74) is 1.32. The normalized spacial score (nSPS) is 22.3. The van der Waals surface area contributed by atoms with Crippen LogP contribution in [-0.2, 0) is 31.2 Å². The first kappa shape index (κ1) is 28.4. The number of methoxy groups -OCH3 is 1. The molecule has 216 valence electrons. The molecule has 2 aliphatic heterocycles. The van der Waals surface area contributed by atoms with Crippen LogP contribution in [0, 0.1) is 6.92 Å². The van der Waals surface area contributed by atoms with Gasteiger partial charge in [0.15, 0.2) is 0 Å². The maximum absolute atomic E-state index is 14.2. The van der Waals surface area contributed by atoms with E-state index in [1.54, 1.807) is 49.9 Å². The minimum absolute atomic E-state index is 0.213. The van der Waals surface area contributed by atoms with Gasteiger partial charge in [-0.3, -0.25) is 9.78 Å². The minimum atomic E-state index is -1.39. The Balaban J connectivity index is 1.43. The lowest BCUT2D eigenvalue weighted by Crippen LogP contribution is -2.56. The van der Waals surface area contributed by atoms with Crippen LogP contribution in [0.15, 0.2) is 54.6 Å². The van der Waals surface area contributed by atoms with Gasteiger partial charge < -0.3 is 24.4 Å². The largest absolute Gasteiger partial charge is 0.489 e. The minimum Gasteiger partial charge on any atom is -0.489 e. The van der Waals surface area contributed by atoms with Crippen molar-refractivity contribution < 1.29 is 28.6 Å². The number of carbonyl (C=O) groups is 3. The number of nitrogens with zero attached hydrogens (tertiary/aromatic N) is 2. The number of hydrogen-bond acceptors (Lipinski definition) is 7. The molecule has 3 heterocycles. The molecule has 2 fully saturated rings. The van der Waals surface area contributed by atoms with Crippen LogP contribution in [0.5, 0.6) is 5.75 Å².